The van der Waals surface area contributed by atoms with Crippen molar-refractivity contribution in [2.45, 2.75) is 17.1 Å². The predicted octanol–water partition coefficient (Wildman–Crippen LogP) is 3.75. The molecule has 0 aliphatic heterocycles. The minimum Gasteiger partial charge on any atom is -0.497 e. The van der Waals surface area contributed by atoms with Gasteiger partial charge in [-0.15, -0.1) is 11.8 Å². The molecule has 1 N–H and O–H groups in total. The lowest BCUT2D eigenvalue weighted by Crippen LogP contribution is -1.99. The lowest BCUT2D eigenvalue weighted by Gasteiger charge is -2.06. The number of aliphatic carboxylic acids is 1. The monoisotopic (exact) mass is 306 g/mol. The Morgan fingerprint density at radius 2 is 1.95 bits per heavy atom. The van der Waals surface area contributed by atoms with Crippen LogP contribution < -0.4 is 4.74 Å². The molecule has 5 heteroatoms. The van der Waals surface area contributed by atoms with E-state index in [1.807, 2.05) is 12.1 Å². The van der Waals surface area contributed by atoms with Gasteiger partial charge in [0.25, 0.3) is 0 Å². The van der Waals surface area contributed by atoms with Crippen LogP contribution >= 0.6 is 11.8 Å². The van der Waals surface area contributed by atoms with E-state index in [0.29, 0.717) is 17.1 Å². The van der Waals surface area contributed by atoms with Crippen molar-refractivity contribution in [2.24, 2.45) is 0 Å². The molecule has 0 bridgehead atoms. The number of carbonyl (C=O) groups is 1. The molecule has 0 heterocycles. The Labute approximate surface area is 126 Å². The first-order valence-electron chi connectivity index (χ1n) is 6.34. The lowest BCUT2D eigenvalue weighted by molar-refractivity contribution is -0.136. The molecule has 2 aromatic carbocycles. The van der Waals surface area contributed by atoms with E-state index in [1.165, 1.54) is 24.9 Å². The second-order valence-electron chi connectivity index (χ2n) is 4.46. The van der Waals surface area contributed by atoms with Gasteiger partial charge < -0.3 is 9.84 Å². The van der Waals surface area contributed by atoms with Gasteiger partial charge in [-0.3, -0.25) is 4.79 Å². The van der Waals surface area contributed by atoms with E-state index in [9.17, 15) is 9.18 Å². The summed E-state index contributed by atoms with van der Waals surface area (Å²) in [6.07, 6.45) is 0.0120. The van der Waals surface area contributed by atoms with Gasteiger partial charge in [0.1, 0.15) is 11.6 Å². The van der Waals surface area contributed by atoms with Crippen LogP contribution in [0.1, 0.15) is 11.1 Å². The Bertz CT molecular complexity index is 626. The summed E-state index contributed by atoms with van der Waals surface area (Å²) in [4.78, 5) is 11.6. The van der Waals surface area contributed by atoms with E-state index in [-0.39, 0.29) is 12.2 Å². The summed E-state index contributed by atoms with van der Waals surface area (Å²) in [6, 6.07) is 12.1. The van der Waals surface area contributed by atoms with Gasteiger partial charge in [-0.25, -0.2) is 4.39 Å². The molecular formula is C16H15FO3S. The molecule has 0 aliphatic rings. The number of carboxylic acid groups (broad SMARTS) is 1. The van der Waals surface area contributed by atoms with Crippen LogP contribution in [0.5, 0.6) is 5.75 Å². The molecule has 3 nitrogen and oxygen atoms in total. The largest absolute Gasteiger partial charge is 0.497 e. The number of thioether (sulfide) groups is 1. The maximum Gasteiger partial charge on any atom is 0.307 e. The first-order chi connectivity index (χ1) is 10.1. The Balaban J connectivity index is 1.98. The molecule has 0 spiro atoms. The second-order valence-corrected chi connectivity index (χ2v) is 5.51. The molecule has 0 aliphatic carbocycles. The van der Waals surface area contributed by atoms with E-state index < -0.39 is 5.97 Å². The highest BCUT2D eigenvalue weighted by molar-refractivity contribution is 7.98. The van der Waals surface area contributed by atoms with Crippen molar-refractivity contribution in [3.8, 4) is 5.75 Å². The molecular weight excluding hydrogens is 291 g/mol. The molecule has 0 aromatic heterocycles. The van der Waals surface area contributed by atoms with Gasteiger partial charge in [0.15, 0.2) is 0 Å². The van der Waals surface area contributed by atoms with Crippen LogP contribution in [0.4, 0.5) is 4.39 Å². The first-order valence-corrected chi connectivity index (χ1v) is 7.33. The van der Waals surface area contributed by atoms with Crippen molar-refractivity contribution < 1.29 is 19.0 Å². The Hall–Kier alpha value is -2.01. The molecule has 0 unspecified atom stereocenters. The summed E-state index contributed by atoms with van der Waals surface area (Å²) >= 11 is 1.50. The summed E-state index contributed by atoms with van der Waals surface area (Å²) in [5.74, 6) is -0.131. The summed E-state index contributed by atoms with van der Waals surface area (Å²) in [7, 11) is 1.50. The minimum absolute atomic E-state index is 0.0120. The topological polar surface area (TPSA) is 46.5 Å². The normalized spacial score (nSPS) is 10.4. The molecule has 0 radical (unpaired) electrons. The summed E-state index contributed by atoms with van der Waals surface area (Å²) in [6.45, 7) is 0. The van der Waals surface area contributed by atoms with Crippen molar-refractivity contribution in [3.05, 3.63) is 59.4 Å². The van der Waals surface area contributed by atoms with Gasteiger partial charge in [-0.2, -0.15) is 0 Å². The number of hydrogen-bond acceptors (Lipinski definition) is 3. The van der Waals surface area contributed by atoms with Gasteiger partial charge in [0.2, 0.25) is 0 Å². The second kappa shape index (κ2) is 7.13. The average Bonchev–Trinajstić information content (AvgIpc) is 2.47. The molecule has 2 aromatic rings. The van der Waals surface area contributed by atoms with Gasteiger partial charge in [-0.05, 0) is 29.3 Å². The first kappa shape index (κ1) is 15.4. The molecule has 0 atom stereocenters. The van der Waals surface area contributed by atoms with Crippen molar-refractivity contribution in [1.29, 1.82) is 0 Å². The van der Waals surface area contributed by atoms with Gasteiger partial charge >= 0.3 is 5.97 Å². The van der Waals surface area contributed by atoms with E-state index in [4.69, 9.17) is 9.84 Å². The van der Waals surface area contributed by atoms with Gasteiger partial charge in [-0.1, -0.05) is 18.2 Å². The van der Waals surface area contributed by atoms with Crippen LogP contribution in [-0.2, 0) is 17.0 Å². The van der Waals surface area contributed by atoms with Crippen molar-refractivity contribution in [3.63, 3.8) is 0 Å². The highest BCUT2D eigenvalue weighted by Crippen LogP contribution is 2.26. The maximum atomic E-state index is 13.8. The number of benzene rings is 2. The fourth-order valence-electron chi connectivity index (χ4n) is 1.81. The van der Waals surface area contributed by atoms with Gasteiger partial charge in [0.05, 0.1) is 13.5 Å². The van der Waals surface area contributed by atoms with Crippen LogP contribution in [0.25, 0.3) is 0 Å². The zero-order valence-electron chi connectivity index (χ0n) is 11.5. The molecule has 0 saturated heterocycles. The standard InChI is InChI=1S/C16H15FO3S/c1-20-13-5-4-12(15(17)9-13)10-21-14-6-2-11(3-7-14)8-16(18)19/h2-7,9H,8,10H2,1H3,(H,18,19). The van der Waals surface area contributed by atoms with Crippen molar-refractivity contribution in [1.82, 2.24) is 0 Å². The summed E-state index contributed by atoms with van der Waals surface area (Å²) < 4.78 is 18.8. The lowest BCUT2D eigenvalue weighted by atomic mass is 10.2. The number of halogens is 1. The van der Waals surface area contributed by atoms with E-state index in [1.54, 1.807) is 24.3 Å². The quantitative estimate of drug-likeness (QED) is 0.826. The highest BCUT2D eigenvalue weighted by Gasteiger charge is 2.05. The van der Waals surface area contributed by atoms with E-state index in [2.05, 4.69) is 0 Å². The summed E-state index contributed by atoms with van der Waals surface area (Å²) in [5.41, 5.74) is 1.36. The van der Waals surface area contributed by atoms with E-state index in [0.717, 1.165) is 10.5 Å². The van der Waals surface area contributed by atoms with Gasteiger partial charge in [0, 0.05) is 16.7 Å². The van der Waals surface area contributed by atoms with Crippen LogP contribution in [0, 0.1) is 5.82 Å². The molecule has 110 valence electrons. The Morgan fingerprint density at radius 3 is 2.52 bits per heavy atom. The summed E-state index contributed by atoms with van der Waals surface area (Å²) in [5, 5.41) is 8.70. The number of hydrogen-bond donors (Lipinski definition) is 1. The van der Waals surface area contributed by atoms with Crippen molar-refractivity contribution in [2.75, 3.05) is 7.11 Å². The fourth-order valence-corrected chi connectivity index (χ4v) is 2.70. The molecule has 0 amide bonds. The van der Waals surface area contributed by atoms with Crippen molar-refractivity contribution >= 4 is 17.7 Å². The third-order valence-electron chi connectivity index (χ3n) is 2.93. The van der Waals surface area contributed by atoms with Crippen LogP contribution in [-0.4, -0.2) is 18.2 Å². The number of rotatable bonds is 6. The average molecular weight is 306 g/mol. The van der Waals surface area contributed by atoms with Crippen LogP contribution in [0.3, 0.4) is 0 Å². The minimum atomic E-state index is -0.851. The zero-order valence-corrected chi connectivity index (χ0v) is 12.3. The zero-order chi connectivity index (χ0) is 15.2. The van der Waals surface area contributed by atoms with E-state index >= 15 is 0 Å². The molecule has 21 heavy (non-hydrogen) atoms. The number of methoxy groups -OCH3 is 1. The van der Waals surface area contributed by atoms with Crippen LogP contribution in [0.15, 0.2) is 47.4 Å². The smallest absolute Gasteiger partial charge is 0.307 e. The number of ether oxygens (including phenoxy) is 1. The molecule has 2 rings (SSSR count). The highest BCUT2D eigenvalue weighted by atomic mass is 32.2. The Kier molecular flexibility index (Phi) is 5.22. The SMILES string of the molecule is COc1ccc(CSc2ccc(CC(=O)O)cc2)c(F)c1. The maximum absolute atomic E-state index is 13.8. The third-order valence-corrected chi connectivity index (χ3v) is 3.99. The number of carboxylic acids is 1. The molecule has 0 saturated carbocycles. The van der Waals surface area contributed by atoms with Crippen LogP contribution in [0.2, 0.25) is 0 Å². The molecule has 0 fully saturated rings. The fraction of sp³-hybridized carbons (Fsp3) is 0.188. The Morgan fingerprint density at radius 1 is 1.24 bits per heavy atom. The third kappa shape index (κ3) is 4.49. The predicted molar refractivity (Wildman–Crippen MR) is 80.3 cm³/mol.